The monoisotopic (exact) mass is 369 g/mol. The van der Waals surface area contributed by atoms with Gasteiger partial charge in [-0.1, -0.05) is 0 Å². The number of aromatic hydroxyl groups is 1. The van der Waals surface area contributed by atoms with Crippen LogP contribution in [-0.4, -0.2) is 47.8 Å². The van der Waals surface area contributed by atoms with Gasteiger partial charge in [0.25, 0.3) is 11.8 Å². The molecule has 0 fully saturated rings. The summed E-state index contributed by atoms with van der Waals surface area (Å²) in [7, 11) is 0. The molecule has 8 nitrogen and oxygen atoms in total. The first-order chi connectivity index (χ1) is 13.0. The van der Waals surface area contributed by atoms with Gasteiger partial charge in [0.2, 0.25) is 0 Å². The second-order valence-electron chi connectivity index (χ2n) is 5.63. The molecule has 0 saturated carbocycles. The van der Waals surface area contributed by atoms with Crippen molar-refractivity contribution in [2.24, 2.45) is 5.10 Å². The van der Waals surface area contributed by atoms with Gasteiger partial charge in [-0.25, -0.2) is 5.43 Å². The normalized spacial score (nSPS) is 10.6. The SMILES string of the molecule is CCN(CC)c1ccc(/C=N\NC(=O)CNC(=O)c2ccncc2)c(O)c1. The van der Waals surface area contributed by atoms with Crippen LogP contribution >= 0.6 is 0 Å². The fourth-order valence-electron chi connectivity index (χ4n) is 2.41. The van der Waals surface area contributed by atoms with E-state index in [2.05, 4.69) is 25.7 Å². The Morgan fingerprint density at radius 1 is 1.19 bits per heavy atom. The van der Waals surface area contributed by atoms with Gasteiger partial charge in [0.1, 0.15) is 5.75 Å². The lowest BCUT2D eigenvalue weighted by molar-refractivity contribution is -0.120. The fourth-order valence-corrected chi connectivity index (χ4v) is 2.41. The number of rotatable bonds is 8. The van der Waals surface area contributed by atoms with Gasteiger partial charge in [0.15, 0.2) is 0 Å². The molecule has 2 amide bonds. The Labute approximate surface area is 157 Å². The van der Waals surface area contributed by atoms with Crippen molar-refractivity contribution in [2.75, 3.05) is 24.5 Å². The molecule has 2 aromatic rings. The first kappa shape index (κ1) is 19.9. The number of anilines is 1. The molecule has 0 bridgehead atoms. The Bertz CT molecular complexity index is 804. The second kappa shape index (κ2) is 9.91. The highest BCUT2D eigenvalue weighted by Gasteiger charge is 2.08. The maximum Gasteiger partial charge on any atom is 0.259 e. The molecular weight excluding hydrogens is 346 g/mol. The van der Waals surface area contributed by atoms with Gasteiger partial charge >= 0.3 is 0 Å². The molecular formula is C19H23N5O3. The van der Waals surface area contributed by atoms with Gasteiger partial charge in [-0.3, -0.25) is 14.6 Å². The van der Waals surface area contributed by atoms with E-state index in [0.29, 0.717) is 11.1 Å². The number of nitrogens with zero attached hydrogens (tertiary/aromatic N) is 3. The van der Waals surface area contributed by atoms with E-state index in [1.165, 1.54) is 18.6 Å². The van der Waals surface area contributed by atoms with E-state index in [4.69, 9.17) is 0 Å². The van der Waals surface area contributed by atoms with Crippen molar-refractivity contribution in [2.45, 2.75) is 13.8 Å². The summed E-state index contributed by atoms with van der Waals surface area (Å²) in [6, 6.07) is 8.37. The average Bonchev–Trinajstić information content (AvgIpc) is 2.69. The van der Waals surface area contributed by atoms with Crippen molar-refractivity contribution in [3.8, 4) is 5.75 Å². The van der Waals surface area contributed by atoms with Crippen LogP contribution in [0.3, 0.4) is 0 Å². The summed E-state index contributed by atoms with van der Waals surface area (Å²) in [4.78, 5) is 29.5. The van der Waals surface area contributed by atoms with Crippen LogP contribution in [0.2, 0.25) is 0 Å². The summed E-state index contributed by atoms with van der Waals surface area (Å²) in [6.45, 7) is 5.54. The van der Waals surface area contributed by atoms with Crippen LogP contribution in [0.15, 0.2) is 47.8 Å². The lowest BCUT2D eigenvalue weighted by Crippen LogP contribution is -2.34. The molecule has 2 rings (SSSR count). The maximum atomic E-state index is 11.8. The highest BCUT2D eigenvalue weighted by Crippen LogP contribution is 2.23. The number of pyridine rings is 1. The highest BCUT2D eigenvalue weighted by atomic mass is 16.3. The van der Waals surface area contributed by atoms with E-state index in [1.807, 2.05) is 19.9 Å². The predicted molar refractivity (Wildman–Crippen MR) is 104 cm³/mol. The van der Waals surface area contributed by atoms with Gasteiger partial charge < -0.3 is 15.3 Å². The number of hydrogen-bond acceptors (Lipinski definition) is 6. The number of hydrogen-bond donors (Lipinski definition) is 3. The quantitative estimate of drug-likeness (QED) is 0.483. The third kappa shape index (κ3) is 5.81. The molecule has 1 aromatic carbocycles. The van der Waals surface area contributed by atoms with Gasteiger partial charge in [-0.15, -0.1) is 0 Å². The van der Waals surface area contributed by atoms with Crippen molar-refractivity contribution in [1.29, 1.82) is 0 Å². The molecule has 8 heteroatoms. The smallest absolute Gasteiger partial charge is 0.259 e. The zero-order valence-electron chi connectivity index (χ0n) is 15.3. The van der Waals surface area contributed by atoms with Gasteiger partial charge in [0, 0.05) is 48.4 Å². The Hall–Kier alpha value is -3.42. The van der Waals surface area contributed by atoms with E-state index in [1.54, 1.807) is 24.3 Å². The average molecular weight is 369 g/mol. The summed E-state index contributed by atoms with van der Waals surface area (Å²) in [5.74, 6) is -0.780. The van der Waals surface area contributed by atoms with Crippen molar-refractivity contribution in [3.05, 3.63) is 53.9 Å². The third-order valence-corrected chi connectivity index (χ3v) is 3.89. The molecule has 0 saturated heterocycles. The lowest BCUT2D eigenvalue weighted by Gasteiger charge is -2.21. The standard InChI is InChI=1S/C19H23N5O3/c1-3-24(4-2)16-6-5-15(17(25)11-16)12-22-23-18(26)13-21-19(27)14-7-9-20-10-8-14/h5-12,25H,3-4,13H2,1-2H3,(H,21,27)(H,23,26)/b22-12-. The van der Waals surface area contributed by atoms with E-state index >= 15 is 0 Å². The van der Waals surface area contributed by atoms with Gasteiger partial charge in [-0.2, -0.15) is 5.10 Å². The second-order valence-corrected chi connectivity index (χ2v) is 5.63. The first-order valence-electron chi connectivity index (χ1n) is 8.63. The zero-order valence-corrected chi connectivity index (χ0v) is 15.3. The number of aromatic nitrogens is 1. The largest absolute Gasteiger partial charge is 0.507 e. The molecule has 27 heavy (non-hydrogen) atoms. The minimum atomic E-state index is -0.479. The number of benzene rings is 1. The molecule has 0 radical (unpaired) electrons. The minimum Gasteiger partial charge on any atom is -0.507 e. The van der Waals surface area contributed by atoms with Crippen LogP contribution in [-0.2, 0) is 4.79 Å². The number of amides is 2. The van der Waals surface area contributed by atoms with Gasteiger partial charge in [0.05, 0.1) is 12.8 Å². The Balaban J connectivity index is 1.86. The summed E-state index contributed by atoms with van der Waals surface area (Å²) in [5.41, 5.74) is 4.12. The topological polar surface area (TPSA) is 107 Å². The van der Waals surface area contributed by atoms with Gasteiger partial charge in [-0.05, 0) is 38.1 Å². The van der Waals surface area contributed by atoms with Crippen LogP contribution in [0.25, 0.3) is 0 Å². The first-order valence-corrected chi connectivity index (χ1v) is 8.63. The minimum absolute atomic E-state index is 0.0726. The molecule has 0 spiro atoms. The summed E-state index contributed by atoms with van der Waals surface area (Å²) < 4.78 is 0. The highest BCUT2D eigenvalue weighted by molar-refractivity contribution is 5.96. The summed E-state index contributed by atoms with van der Waals surface area (Å²) in [5, 5.41) is 16.4. The predicted octanol–water partition coefficient (Wildman–Crippen LogP) is 1.51. The Morgan fingerprint density at radius 3 is 2.52 bits per heavy atom. The third-order valence-electron chi connectivity index (χ3n) is 3.89. The number of carbonyl (C=O) groups excluding carboxylic acids is 2. The molecule has 0 aliphatic carbocycles. The van der Waals surface area contributed by atoms with Crippen molar-refractivity contribution in [1.82, 2.24) is 15.7 Å². The van der Waals surface area contributed by atoms with E-state index in [0.717, 1.165) is 18.8 Å². The van der Waals surface area contributed by atoms with Crippen molar-refractivity contribution in [3.63, 3.8) is 0 Å². The van der Waals surface area contributed by atoms with E-state index in [-0.39, 0.29) is 18.2 Å². The van der Waals surface area contributed by atoms with Crippen molar-refractivity contribution < 1.29 is 14.7 Å². The molecule has 142 valence electrons. The fraction of sp³-hybridized carbons (Fsp3) is 0.263. The summed E-state index contributed by atoms with van der Waals surface area (Å²) in [6.07, 6.45) is 4.35. The number of hydrazone groups is 1. The number of carbonyl (C=O) groups is 2. The van der Waals surface area contributed by atoms with Crippen LogP contribution in [0, 0.1) is 0 Å². The maximum absolute atomic E-state index is 11.8. The molecule has 1 heterocycles. The van der Waals surface area contributed by atoms with Crippen molar-refractivity contribution >= 4 is 23.7 Å². The summed E-state index contributed by atoms with van der Waals surface area (Å²) >= 11 is 0. The molecule has 0 unspecified atom stereocenters. The zero-order chi connectivity index (χ0) is 19.6. The van der Waals surface area contributed by atoms with Crippen LogP contribution < -0.4 is 15.6 Å². The molecule has 0 aliphatic heterocycles. The van der Waals surface area contributed by atoms with E-state index < -0.39 is 5.91 Å². The molecule has 1 aromatic heterocycles. The Morgan fingerprint density at radius 2 is 1.89 bits per heavy atom. The number of phenolic OH excluding ortho intramolecular Hbond substituents is 1. The lowest BCUT2D eigenvalue weighted by atomic mass is 10.2. The molecule has 3 N–H and O–H groups in total. The number of phenols is 1. The van der Waals surface area contributed by atoms with E-state index in [9.17, 15) is 14.7 Å². The number of nitrogens with one attached hydrogen (secondary N) is 2. The molecule has 0 atom stereocenters. The van der Waals surface area contributed by atoms with Crippen LogP contribution in [0.4, 0.5) is 5.69 Å². The molecule has 0 aliphatic rings. The Kier molecular flexibility index (Phi) is 7.30. The van der Waals surface area contributed by atoms with Crippen LogP contribution in [0.5, 0.6) is 5.75 Å². The van der Waals surface area contributed by atoms with Crippen LogP contribution in [0.1, 0.15) is 29.8 Å².